The van der Waals surface area contributed by atoms with Crippen molar-refractivity contribution in [3.63, 3.8) is 0 Å². The molecule has 3 aromatic rings. The third-order valence-corrected chi connectivity index (χ3v) is 6.49. The predicted molar refractivity (Wildman–Crippen MR) is 124 cm³/mol. The second kappa shape index (κ2) is 9.08. The Labute approximate surface area is 189 Å². The molecule has 0 unspecified atom stereocenters. The number of aryl methyl sites for hydroxylation is 1. The number of halogens is 1. The van der Waals surface area contributed by atoms with E-state index in [1.54, 1.807) is 23.1 Å². The molecule has 1 N–H and O–H groups in total. The first-order valence-electron chi connectivity index (χ1n) is 10.1. The maximum Gasteiger partial charge on any atom is 0.267 e. The van der Waals surface area contributed by atoms with Gasteiger partial charge in [-0.3, -0.25) is 9.59 Å². The van der Waals surface area contributed by atoms with Crippen LogP contribution in [0.2, 0.25) is 5.02 Å². The first-order chi connectivity index (χ1) is 15.0. The molecule has 0 bridgehead atoms. The first-order valence-corrected chi connectivity index (χ1v) is 11.3. The molecule has 1 saturated heterocycles. The van der Waals surface area contributed by atoms with Gasteiger partial charge in [0.05, 0.1) is 23.0 Å². The molecule has 0 aliphatic carbocycles. The standard InChI is InChI=1S/C23H22ClN3O3S/c1-3-30-17-9-6-15(7-10-17)23-25-14(2)21(31-23)22(29)26-16-8-11-19(18(24)13-16)27-12-4-5-20(27)28/h6-11,13H,3-5,12H2,1-2H3,(H,26,29). The summed E-state index contributed by atoms with van der Waals surface area (Å²) < 4.78 is 5.47. The Hall–Kier alpha value is -2.90. The van der Waals surface area contributed by atoms with Crippen LogP contribution in [0.5, 0.6) is 5.75 Å². The van der Waals surface area contributed by atoms with Crippen LogP contribution in [0.25, 0.3) is 10.6 Å². The second-order valence-electron chi connectivity index (χ2n) is 7.16. The molecule has 1 aliphatic heterocycles. The maximum atomic E-state index is 12.9. The summed E-state index contributed by atoms with van der Waals surface area (Å²) in [4.78, 5) is 31.6. The van der Waals surface area contributed by atoms with E-state index in [4.69, 9.17) is 16.3 Å². The van der Waals surface area contributed by atoms with Crippen LogP contribution in [0.3, 0.4) is 0 Å². The van der Waals surface area contributed by atoms with Gasteiger partial charge in [-0.1, -0.05) is 11.6 Å². The molecular formula is C23H22ClN3O3S. The molecule has 160 valence electrons. The minimum atomic E-state index is -0.242. The molecule has 2 amide bonds. The van der Waals surface area contributed by atoms with E-state index in [2.05, 4.69) is 10.3 Å². The molecule has 8 heteroatoms. The van der Waals surface area contributed by atoms with Crippen molar-refractivity contribution in [2.45, 2.75) is 26.7 Å². The highest BCUT2D eigenvalue weighted by atomic mass is 35.5. The van der Waals surface area contributed by atoms with Crippen molar-refractivity contribution in [2.75, 3.05) is 23.4 Å². The van der Waals surface area contributed by atoms with Crippen molar-refractivity contribution in [3.8, 4) is 16.3 Å². The highest BCUT2D eigenvalue weighted by Crippen LogP contribution is 2.33. The van der Waals surface area contributed by atoms with Gasteiger partial charge in [0.15, 0.2) is 0 Å². The van der Waals surface area contributed by atoms with Crippen molar-refractivity contribution >= 4 is 46.1 Å². The minimum Gasteiger partial charge on any atom is -0.494 e. The third-order valence-electron chi connectivity index (χ3n) is 4.98. The monoisotopic (exact) mass is 455 g/mol. The number of nitrogens with zero attached hydrogens (tertiary/aromatic N) is 2. The summed E-state index contributed by atoms with van der Waals surface area (Å²) in [5.41, 5.74) is 2.84. The summed E-state index contributed by atoms with van der Waals surface area (Å²) in [5, 5.41) is 4.09. The highest BCUT2D eigenvalue weighted by Gasteiger charge is 2.24. The number of ether oxygens (including phenoxy) is 1. The van der Waals surface area contributed by atoms with E-state index in [1.807, 2.05) is 38.1 Å². The lowest BCUT2D eigenvalue weighted by atomic mass is 10.2. The fourth-order valence-electron chi connectivity index (χ4n) is 3.49. The van der Waals surface area contributed by atoms with Crippen LogP contribution in [-0.4, -0.2) is 29.9 Å². The molecule has 1 aromatic heterocycles. The highest BCUT2D eigenvalue weighted by molar-refractivity contribution is 7.17. The van der Waals surface area contributed by atoms with Crippen LogP contribution in [-0.2, 0) is 4.79 Å². The summed E-state index contributed by atoms with van der Waals surface area (Å²) in [6.07, 6.45) is 1.37. The van der Waals surface area contributed by atoms with E-state index >= 15 is 0 Å². The van der Waals surface area contributed by atoms with Gasteiger partial charge >= 0.3 is 0 Å². The molecule has 2 heterocycles. The number of hydrogen-bond acceptors (Lipinski definition) is 5. The summed E-state index contributed by atoms with van der Waals surface area (Å²) in [6, 6.07) is 12.9. The van der Waals surface area contributed by atoms with Gasteiger partial charge in [-0.15, -0.1) is 11.3 Å². The predicted octanol–water partition coefficient (Wildman–Crippen LogP) is 5.55. The van der Waals surface area contributed by atoms with Gasteiger partial charge in [-0.25, -0.2) is 4.98 Å². The lowest BCUT2D eigenvalue weighted by molar-refractivity contribution is -0.117. The quantitative estimate of drug-likeness (QED) is 0.529. The SMILES string of the molecule is CCOc1ccc(-c2nc(C)c(C(=O)Nc3ccc(N4CCCC4=O)c(Cl)c3)s2)cc1. The van der Waals surface area contributed by atoms with Crippen molar-refractivity contribution in [2.24, 2.45) is 0 Å². The molecule has 31 heavy (non-hydrogen) atoms. The first kappa shape index (κ1) is 21.3. The van der Waals surface area contributed by atoms with Gasteiger partial charge in [-0.2, -0.15) is 0 Å². The van der Waals surface area contributed by atoms with Crippen LogP contribution in [0.4, 0.5) is 11.4 Å². The van der Waals surface area contributed by atoms with Gasteiger partial charge in [0.25, 0.3) is 5.91 Å². The third kappa shape index (κ3) is 4.57. The molecule has 0 atom stereocenters. The number of carbonyl (C=O) groups is 2. The number of amides is 2. The Morgan fingerprint density at radius 2 is 2.03 bits per heavy atom. The summed E-state index contributed by atoms with van der Waals surface area (Å²) in [7, 11) is 0. The normalized spacial score (nSPS) is 13.5. The number of benzene rings is 2. The van der Waals surface area contributed by atoms with Crippen LogP contribution in [0.15, 0.2) is 42.5 Å². The molecule has 1 aliphatic rings. The number of aromatic nitrogens is 1. The van der Waals surface area contributed by atoms with Gasteiger partial charge in [0.2, 0.25) is 5.91 Å². The average molecular weight is 456 g/mol. The Morgan fingerprint density at radius 1 is 1.26 bits per heavy atom. The Kier molecular flexibility index (Phi) is 6.25. The topological polar surface area (TPSA) is 71.5 Å². The molecule has 1 fully saturated rings. The van der Waals surface area contributed by atoms with E-state index in [0.717, 1.165) is 22.7 Å². The Balaban J connectivity index is 1.50. The second-order valence-corrected chi connectivity index (χ2v) is 8.57. The smallest absolute Gasteiger partial charge is 0.267 e. The summed E-state index contributed by atoms with van der Waals surface area (Å²) in [6.45, 7) is 5.03. The van der Waals surface area contributed by atoms with Gasteiger partial charge in [0, 0.05) is 24.2 Å². The largest absolute Gasteiger partial charge is 0.494 e. The van der Waals surface area contributed by atoms with Crippen LogP contribution < -0.4 is 15.0 Å². The van der Waals surface area contributed by atoms with E-state index < -0.39 is 0 Å². The van der Waals surface area contributed by atoms with Crippen LogP contribution >= 0.6 is 22.9 Å². The number of rotatable bonds is 6. The zero-order valence-electron chi connectivity index (χ0n) is 17.3. The van der Waals surface area contributed by atoms with E-state index in [0.29, 0.717) is 46.5 Å². The number of thiazole rings is 1. The van der Waals surface area contributed by atoms with E-state index in [1.165, 1.54) is 11.3 Å². The average Bonchev–Trinajstić information content (AvgIpc) is 3.35. The lowest BCUT2D eigenvalue weighted by Crippen LogP contribution is -2.24. The summed E-state index contributed by atoms with van der Waals surface area (Å²) >= 11 is 7.73. The molecular weight excluding hydrogens is 434 g/mol. The molecule has 6 nitrogen and oxygen atoms in total. The Morgan fingerprint density at radius 3 is 2.68 bits per heavy atom. The molecule has 2 aromatic carbocycles. The molecule has 0 saturated carbocycles. The van der Waals surface area contributed by atoms with Gasteiger partial charge in [-0.05, 0) is 62.7 Å². The molecule has 0 spiro atoms. The number of anilines is 2. The van der Waals surface area contributed by atoms with Gasteiger partial charge < -0.3 is 15.0 Å². The van der Waals surface area contributed by atoms with Crippen molar-refractivity contribution in [1.82, 2.24) is 4.98 Å². The number of nitrogens with one attached hydrogen (secondary N) is 1. The van der Waals surface area contributed by atoms with Crippen molar-refractivity contribution in [3.05, 3.63) is 58.1 Å². The zero-order chi connectivity index (χ0) is 22.0. The molecule has 0 radical (unpaired) electrons. The number of carbonyl (C=O) groups excluding carboxylic acids is 2. The lowest BCUT2D eigenvalue weighted by Gasteiger charge is -2.18. The zero-order valence-corrected chi connectivity index (χ0v) is 18.8. The van der Waals surface area contributed by atoms with Crippen LogP contribution in [0, 0.1) is 6.92 Å². The van der Waals surface area contributed by atoms with Crippen molar-refractivity contribution < 1.29 is 14.3 Å². The minimum absolute atomic E-state index is 0.0702. The number of hydrogen-bond donors (Lipinski definition) is 1. The van der Waals surface area contributed by atoms with Gasteiger partial charge in [0.1, 0.15) is 15.6 Å². The maximum absolute atomic E-state index is 12.9. The Bertz CT molecular complexity index is 1130. The molecule has 4 rings (SSSR count). The van der Waals surface area contributed by atoms with E-state index in [9.17, 15) is 9.59 Å². The van der Waals surface area contributed by atoms with E-state index in [-0.39, 0.29) is 11.8 Å². The summed E-state index contributed by atoms with van der Waals surface area (Å²) in [5.74, 6) is 0.627. The van der Waals surface area contributed by atoms with Crippen LogP contribution in [0.1, 0.15) is 35.1 Å². The fourth-order valence-corrected chi connectivity index (χ4v) is 4.73. The fraction of sp³-hybridized carbons (Fsp3) is 0.261. The van der Waals surface area contributed by atoms with Crippen molar-refractivity contribution in [1.29, 1.82) is 0 Å².